The fraction of sp³-hybridized carbons (Fsp3) is 0.467. The average Bonchev–Trinajstić information content (AvgIpc) is 2.15. The molecule has 0 spiro atoms. The first kappa shape index (κ1) is 12.8. The first-order valence-electron chi connectivity index (χ1n) is 6.00. The van der Waals surface area contributed by atoms with Gasteiger partial charge in [0.25, 0.3) is 0 Å². The molecule has 0 unspecified atom stereocenters. The van der Waals surface area contributed by atoms with Crippen LogP contribution >= 0.6 is 0 Å². The number of nitrogen functional groups attached to an aromatic ring is 1. The van der Waals surface area contributed by atoms with Crippen molar-refractivity contribution >= 4 is 11.8 Å². The fourth-order valence-electron chi connectivity index (χ4n) is 1.56. The SMILES string of the molecule is CCCc1ccc(/C=C/C(C)(C)C)c(N)c1. The molecule has 0 aliphatic heterocycles. The highest BCUT2D eigenvalue weighted by Gasteiger charge is 2.04. The van der Waals surface area contributed by atoms with E-state index in [1.54, 1.807) is 0 Å². The Balaban J connectivity index is 2.87. The molecule has 0 aromatic heterocycles. The number of nitrogens with two attached hydrogens (primary N) is 1. The van der Waals surface area contributed by atoms with Crippen LogP contribution in [-0.2, 0) is 6.42 Å². The summed E-state index contributed by atoms with van der Waals surface area (Å²) in [7, 11) is 0. The average molecular weight is 217 g/mol. The zero-order chi connectivity index (χ0) is 12.2. The van der Waals surface area contributed by atoms with Crippen LogP contribution in [0.2, 0.25) is 0 Å². The van der Waals surface area contributed by atoms with Crippen molar-refractivity contribution in [2.75, 3.05) is 5.73 Å². The molecule has 1 aromatic rings. The van der Waals surface area contributed by atoms with Crippen LogP contribution in [0.25, 0.3) is 6.08 Å². The third kappa shape index (κ3) is 4.09. The Labute approximate surface area is 99.4 Å². The van der Waals surface area contributed by atoms with Crippen LogP contribution in [0.15, 0.2) is 24.3 Å². The molecule has 1 rings (SSSR count). The molecule has 0 bridgehead atoms. The highest BCUT2D eigenvalue weighted by molar-refractivity contribution is 5.65. The minimum atomic E-state index is 0.203. The van der Waals surface area contributed by atoms with Crippen LogP contribution in [0.5, 0.6) is 0 Å². The third-order valence-electron chi connectivity index (χ3n) is 2.45. The molecule has 0 aliphatic carbocycles. The Bertz CT molecular complexity index is 370. The molecule has 0 saturated carbocycles. The maximum Gasteiger partial charge on any atom is 0.0390 e. The number of rotatable bonds is 3. The third-order valence-corrected chi connectivity index (χ3v) is 2.45. The Morgan fingerprint density at radius 2 is 1.94 bits per heavy atom. The first-order valence-corrected chi connectivity index (χ1v) is 6.00. The molecule has 0 atom stereocenters. The summed E-state index contributed by atoms with van der Waals surface area (Å²) < 4.78 is 0. The van der Waals surface area contributed by atoms with Gasteiger partial charge >= 0.3 is 0 Å². The first-order chi connectivity index (χ1) is 7.42. The maximum absolute atomic E-state index is 6.03. The van der Waals surface area contributed by atoms with Crippen LogP contribution in [0.4, 0.5) is 5.69 Å². The second-order valence-corrected chi connectivity index (χ2v) is 5.41. The predicted molar refractivity (Wildman–Crippen MR) is 73.3 cm³/mol. The molecule has 16 heavy (non-hydrogen) atoms. The quantitative estimate of drug-likeness (QED) is 0.751. The molecule has 0 saturated heterocycles. The summed E-state index contributed by atoms with van der Waals surface area (Å²) in [6, 6.07) is 6.37. The molecule has 0 radical (unpaired) electrons. The van der Waals surface area contributed by atoms with Crippen LogP contribution in [0, 0.1) is 5.41 Å². The molecular weight excluding hydrogens is 194 g/mol. The van der Waals surface area contributed by atoms with E-state index in [4.69, 9.17) is 5.73 Å². The molecule has 88 valence electrons. The Hall–Kier alpha value is -1.24. The smallest absolute Gasteiger partial charge is 0.0390 e. The monoisotopic (exact) mass is 217 g/mol. The second-order valence-electron chi connectivity index (χ2n) is 5.41. The number of hydrogen-bond donors (Lipinski definition) is 1. The van der Waals surface area contributed by atoms with Crippen molar-refractivity contribution in [2.45, 2.75) is 40.5 Å². The number of aryl methyl sites for hydroxylation is 1. The lowest BCUT2D eigenvalue weighted by Gasteiger charge is -2.12. The molecule has 0 fully saturated rings. The lowest BCUT2D eigenvalue weighted by Crippen LogP contribution is -1.99. The lowest BCUT2D eigenvalue weighted by atomic mass is 9.95. The van der Waals surface area contributed by atoms with Crippen molar-refractivity contribution in [1.29, 1.82) is 0 Å². The van der Waals surface area contributed by atoms with Gasteiger partial charge in [-0.1, -0.05) is 58.4 Å². The minimum absolute atomic E-state index is 0.203. The van der Waals surface area contributed by atoms with E-state index in [9.17, 15) is 0 Å². The molecule has 2 N–H and O–H groups in total. The molecule has 0 aliphatic rings. The number of allylic oxidation sites excluding steroid dienone is 1. The summed E-state index contributed by atoms with van der Waals surface area (Å²) in [5, 5.41) is 0. The van der Waals surface area contributed by atoms with Gasteiger partial charge < -0.3 is 5.73 Å². The van der Waals surface area contributed by atoms with E-state index in [1.807, 2.05) is 0 Å². The van der Waals surface area contributed by atoms with E-state index < -0.39 is 0 Å². The summed E-state index contributed by atoms with van der Waals surface area (Å²) in [4.78, 5) is 0. The zero-order valence-corrected chi connectivity index (χ0v) is 10.9. The normalized spacial score (nSPS) is 12.2. The van der Waals surface area contributed by atoms with E-state index in [0.29, 0.717) is 0 Å². The Morgan fingerprint density at radius 1 is 1.25 bits per heavy atom. The van der Waals surface area contributed by atoms with E-state index in [2.05, 4.69) is 58.0 Å². The summed E-state index contributed by atoms with van der Waals surface area (Å²) >= 11 is 0. The van der Waals surface area contributed by atoms with Gasteiger partial charge in [-0.05, 0) is 29.0 Å². The van der Waals surface area contributed by atoms with Crippen LogP contribution in [-0.4, -0.2) is 0 Å². The standard InChI is InChI=1S/C15H23N/c1-5-6-12-7-8-13(14(16)11-12)9-10-15(2,3)4/h7-11H,5-6,16H2,1-4H3/b10-9+. The van der Waals surface area contributed by atoms with Crippen molar-refractivity contribution < 1.29 is 0 Å². The molecule has 0 amide bonds. The van der Waals surface area contributed by atoms with Crippen molar-refractivity contribution in [3.05, 3.63) is 35.4 Å². The molecule has 0 heterocycles. The summed E-state index contributed by atoms with van der Waals surface area (Å²) in [5.74, 6) is 0. The van der Waals surface area contributed by atoms with E-state index in [1.165, 1.54) is 5.56 Å². The van der Waals surface area contributed by atoms with Crippen LogP contribution in [0.3, 0.4) is 0 Å². The summed E-state index contributed by atoms with van der Waals surface area (Å²) in [6.45, 7) is 8.74. The van der Waals surface area contributed by atoms with Gasteiger partial charge in [0.1, 0.15) is 0 Å². The highest BCUT2D eigenvalue weighted by Crippen LogP contribution is 2.21. The molecule has 1 heteroatoms. The molecule has 1 nitrogen and oxygen atoms in total. The summed E-state index contributed by atoms with van der Waals surface area (Å²) in [5.41, 5.74) is 9.56. The van der Waals surface area contributed by atoms with E-state index >= 15 is 0 Å². The summed E-state index contributed by atoms with van der Waals surface area (Å²) in [6.07, 6.45) is 6.58. The second kappa shape index (κ2) is 5.20. The molecule has 1 aromatic carbocycles. The van der Waals surface area contributed by atoms with Gasteiger partial charge in [-0.3, -0.25) is 0 Å². The van der Waals surface area contributed by atoms with Crippen LogP contribution in [0.1, 0.15) is 45.2 Å². The molecular formula is C15H23N. The topological polar surface area (TPSA) is 26.0 Å². The van der Waals surface area contributed by atoms with Crippen molar-refractivity contribution in [3.8, 4) is 0 Å². The maximum atomic E-state index is 6.03. The van der Waals surface area contributed by atoms with Gasteiger partial charge in [0.2, 0.25) is 0 Å². The van der Waals surface area contributed by atoms with Crippen LogP contribution < -0.4 is 5.73 Å². The van der Waals surface area contributed by atoms with E-state index in [-0.39, 0.29) is 5.41 Å². The van der Waals surface area contributed by atoms with Crippen molar-refractivity contribution in [3.63, 3.8) is 0 Å². The van der Waals surface area contributed by atoms with Gasteiger partial charge in [0.15, 0.2) is 0 Å². The van der Waals surface area contributed by atoms with Gasteiger partial charge in [0, 0.05) is 5.69 Å². The highest BCUT2D eigenvalue weighted by atomic mass is 14.6. The Kier molecular flexibility index (Phi) is 4.17. The fourth-order valence-corrected chi connectivity index (χ4v) is 1.56. The minimum Gasteiger partial charge on any atom is -0.398 e. The zero-order valence-electron chi connectivity index (χ0n) is 10.9. The van der Waals surface area contributed by atoms with Crippen molar-refractivity contribution in [2.24, 2.45) is 5.41 Å². The van der Waals surface area contributed by atoms with Gasteiger partial charge in [-0.15, -0.1) is 0 Å². The predicted octanol–water partition coefficient (Wildman–Crippen LogP) is 4.28. The van der Waals surface area contributed by atoms with Gasteiger partial charge in [0.05, 0.1) is 0 Å². The number of hydrogen-bond acceptors (Lipinski definition) is 1. The van der Waals surface area contributed by atoms with E-state index in [0.717, 1.165) is 24.1 Å². The van der Waals surface area contributed by atoms with Gasteiger partial charge in [-0.25, -0.2) is 0 Å². The van der Waals surface area contributed by atoms with Crippen molar-refractivity contribution in [1.82, 2.24) is 0 Å². The largest absolute Gasteiger partial charge is 0.398 e. The Morgan fingerprint density at radius 3 is 2.44 bits per heavy atom. The lowest BCUT2D eigenvalue weighted by molar-refractivity contribution is 0.547. The number of benzene rings is 1. The number of anilines is 1. The van der Waals surface area contributed by atoms with Gasteiger partial charge in [-0.2, -0.15) is 0 Å².